The second kappa shape index (κ2) is 18.5. The summed E-state index contributed by atoms with van der Waals surface area (Å²) in [5.41, 5.74) is 18.3. The summed E-state index contributed by atoms with van der Waals surface area (Å²) < 4.78 is 7.20. The summed E-state index contributed by atoms with van der Waals surface area (Å²) in [7, 11) is 0. The van der Waals surface area contributed by atoms with E-state index in [-0.39, 0.29) is 0 Å². The Hall–Kier alpha value is -9.96. The molecule has 3 heteroatoms. The van der Waals surface area contributed by atoms with E-state index in [1.54, 1.807) is 0 Å². The highest BCUT2D eigenvalue weighted by Gasteiger charge is 2.19. The molecule has 0 radical (unpaired) electrons. The van der Waals surface area contributed by atoms with Crippen LogP contribution in [0.3, 0.4) is 0 Å². The van der Waals surface area contributed by atoms with Crippen LogP contribution in [0.15, 0.2) is 274 Å². The quantitative estimate of drug-likeness (QED) is 0.144. The Morgan fingerprint density at radius 1 is 0.276 bits per heavy atom. The molecule has 3 heterocycles. The summed E-state index contributed by atoms with van der Waals surface area (Å²) in [5, 5.41) is 10.7. The van der Waals surface area contributed by atoms with E-state index in [0.29, 0.717) is 0 Å². The molecule has 0 spiro atoms. The molecule has 76 heavy (non-hydrogen) atoms. The molecule has 0 N–H and O–H groups in total. The molecule has 11 aromatic carbocycles. The lowest BCUT2D eigenvalue weighted by Gasteiger charge is -2.16. The number of hydrogen-bond donors (Lipinski definition) is 0. The van der Waals surface area contributed by atoms with E-state index in [1.807, 2.05) is 6.08 Å². The van der Waals surface area contributed by atoms with Gasteiger partial charge in [0.2, 0.25) is 0 Å². The van der Waals surface area contributed by atoms with Gasteiger partial charge in [0.05, 0.1) is 33.3 Å². The van der Waals surface area contributed by atoms with Crippen LogP contribution in [-0.4, -0.2) is 13.7 Å². The van der Waals surface area contributed by atoms with Gasteiger partial charge in [-0.15, -0.1) is 0 Å². The van der Waals surface area contributed by atoms with Crippen molar-refractivity contribution >= 4 is 88.2 Å². The summed E-state index contributed by atoms with van der Waals surface area (Å²) in [4.78, 5) is 0. The third-order valence-electron chi connectivity index (χ3n) is 15.4. The largest absolute Gasteiger partial charge is 0.309 e. The highest BCUT2D eigenvalue weighted by atomic mass is 15.0. The Balaban J connectivity index is 1.06. The fourth-order valence-corrected chi connectivity index (χ4v) is 11.9. The molecule has 0 saturated heterocycles. The van der Waals surface area contributed by atoms with Crippen molar-refractivity contribution in [2.45, 2.75) is 6.92 Å². The van der Waals surface area contributed by atoms with Gasteiger partial charge in [0, 0.05) is 49.6 Å². The number of nitrogens with zero attached hydrogens (tertiary/aromatic N) is 3. The topological polar surface area (TPSA) is 14.8 Å². The van der Waals surface area contributed by atoms with Gasteiger partial charge in [-0.2, -0.15) is 0 Å². The van der Waals surface area contributed by atoms with Crippen LogP contribution >= 0.6 is 0 Å². The summed E-state index contributed by atoms with van der Waals surface area (Å²) in [6, 6.07) is 95.8. The molecule has 14 aromatic rings. The maximum absolute atomic E-state index is 4.30. The van der Waals surface area contributed by atoms with Crippen LogP contribution in [0.4, 0.5) is 0 Å². The van der Waals surface area contributed by atoms with E-state index in [9.17, 15) is 0 Å². The number of allylic oxidation sites excluding steroid dienone is 1. The van der Waals surface area contributed by atoms with E-state index >= 15 is 0 Å². The monoisotopic (exact) mass is 969 g/mol. The van der Waals surface area contributed by atoms with E-state index in [2.05, 4.69) is 300 Å². The minimum absolute atomic E-state index is 1.07. The van der Waals surface area contributed by atoms with E-state index in [1.165, 1.54) is 65.4 Å². The fourth-order valence-electron chi connectivity index (χ4n) is 11.9. The lowest BCUT2D eigenvalue weighted by Crippen LogP contribution is -1.98. The summed E-state index contributed by atoms with van der Waals surface area (Å²) in [6.07, 6.45) is 6.32. The van der Waals surface area contributed by atoms with Gasteiger partial charge in [0.1, 0.15) is 0 Å². The van der Waals surface area contributed by atoms with Gasteiger partial charge in [-0.1, -0.05) is 189 Å². The first-order chi connectivity index (χ1) is 37.6. The van der Waals surface area contributed by atoms with Crippen LogP contribution in [0.5, 0.6) is 0 Å². The second-order valence-corrected chi connectivity index (χ2v) is 19.6. The Labute approximate surface area is 441 Å². The zero-order valence-electron chi connectivity index (χ0n) is 42.1. The van der Waals surface area contributed by atoms with Gasteiger partial charge in [-0.25, -0.2) is 0 Å². The van der Waals surface area contributed by atoms with Crippen LogP contribution in [0.25, 0.3) is 139 Å². The van der Waals surface area contributed by atoms with Gasteiger partial charge in [0.25, 0.3) is 0 Å². The number of benzene rings is 11. The first kappa shape index (κ1) is 44.7. The number of para-hydroxylation sites is 3. The van der Waals surface area contributed by atoms with Crippen molar-refractivity contribution < 1.29 is 0 Å². The maximum atomic E-state index is 4.30. The van der Waals surface area contributed by atoms with E-state index in [4.69, 9.17) is 0 Å². The molecular weight excluding hydrogens is 919 g/mol. The minimum Gasteiger partial charge on any atom is -0.309 e. The van der Waals surface area contributed by atoms with E-state index < -0.39 is 0 Å². The number of hydrogen-bond acceptors (Lipinski definition) is 0. The SMILES string of the molecule is C=Cc1c(/C=C\C)c2cc(-c3ccc4c(c3)c3ccccc3c3ccccc3c3cc(-c5ccc6c(c5)c5ccccc5n6-c5ccccc5)ccc3n4-c3ccc(-c4ccccc4)cc3)ccc2n1-c1ccccc1. The molecule has 0 atom stereocenters. The number of aromatic nitrogens is 3. The summed E-state index contributed by atoms with van der Waals surface area (Å²) in [6.45, 7) is 6.39. The molecule has 0 amide bonds. The van der Waals surface area contributed by atoms with Gasteiger partial charge in [-0.3, -0.25) is 0 Å². The molecule has 0 fully saturated rings. The predicted molar refractivity (Wildman–Crippen MR) is 326 cm³/mol. The molecule has 358 valence electrons. The maximum Gasteiger partial charge on any atom is 0.0541 e. The van der Waals surface area contributed by atoms with Gasteiger partial charge in [-0.05, 0) is 159 Å². The van der Waals surface area contributed by atoms with Crippen LogP contribution in [0.1, 0.15) is 18.2 Å². The summed E-state index contributed by atoms with van der Waals surface area (Å²) >= 11 is 0. The van der Waals surface area contributed by atoms with Crippen molar-refractivity contribution in [3.05, 3.63) is 285 Å². The van der Waals surface area contributed by atoms with Crippen LogP contribution in [0, 0.1) is 0 Å². The Kier molecular flexibility index (Phi) is 10.9. The average molecular weight is 970 g/mol. The Bertz CT molecular complexity index is 4680. The normalized spacial score (nSPS) is 11.8. The standard InChI is InChI=1S/C73H51N3/c1-3-20-62-66-47-53(37-43-72(66)74(68(62)4-2)55-23-10-6-11-24-55)51-35-41-70-64(45-51)60-29-16-14-27-58(60)59-28-15-17-30-61(59)65-46-52(36-42-71(65)76(70)57-39-33-50(34-40-57)49-21-8-5-9-22-49)54-38-44-73-67(48-54)63-31-18-19-32-69(63)75(73)56-25-12-7-13-26-56/h3-48H,2H2,1H3/b20-3-. The Morgan fingerprint density at radius 2 is 0.605 bits per heavy atom. The zero-order valence-corrected chi connectivity index (χ0v) is 42.1. The highest BCUT2D eigenvalue weighted by molar-refractivity contribution is 6.20. The van der Waals surface area contributed by atoms with Crippen LogP contribution < -0.4 is 0 Å². The predicted octanol–water partition coefficient (Wildman–Crippen LogP) is 19.9. The molecular formula is C73H51N3. The van der Waals surface area contributed by atoms with Crippen LogP contribution in [0.2, 0.25) is 0 Å². The first-order valence-corrected chi connectivity index (χ1v) is 26.1. The smallest absolute Gasteiger partial charge is 0.0541 e. The molecule has 0 bridgehead atoms. The number of fused-ring (bicyclic) bond motifs is 11. The first-order valence-electron chi connectivity index (χ1n) is 26.1. The Morgan fingerprint density at radius 3 is 1.08 bits per heavy atom. The second-order valence-electron chi connectivity index (χ2n) is 19.6. The molecule has 0 aliphatic heterocycles. The van der Waals surface area contributed by atoms with Crippen molar-refractivity contribution in [3.63, 3.8) is 0 Å². The molecule has 3 nitrogen and oxygen atoms in total. The molecule has 3 aromatic heterocycles. The third-order valence-corrected chi connectivity index (χ3v) is 15.4. The zero-order chi connectivity index (χ0) is 50.7. The molecule has 0 unspecified atom stereocenters. The van der Waals surface area contributed by atoms with Gasteiger partial charge < -0.3 is 13.7 Å². The summed E-state index contributed by atoms with van der Waals surface area (Å²) in [5.74, 6) is 0. The number of rotatable bonds is 8. The van der Waals surface area contributed by atoms with Crippen molar-refractivity contribution in [1.29, 1.82) is 0 Å². The lowest BCUT2D eigenvalue weighted by atomic mass is 9.97. The van der Waals surface area contributed by atoms with Crippen molar-refractivity contribution in [1.82, 2.24) is 13.7 Å². The third kappa shape index (κ3) is 7.35. The molecule has 0 aliphatic carbocycles. The van der Waals surface area contributed by atoms with Crippen molar-refractivity contribution in [2.24, 2.45) is 0 Å². The van der Waals surface area contributed by atoms with E-state index in [0.717, 1.165) is 72.3 Å². The van der Waals surface area contributed by atoms with Crippen molar-refractivity contribution in [3.8, 4) is 50.4 Å². The molecule has 14 rings (SSSR count). The minimum atomic E-state index is 1.07. The fraction of sp³-hybridized carbons (Fsp3) is 0.0137. The highest BCUT2D eigenvalue weighted by Crippen LogP contribution is 2.41. The molecule has 0 aliphatic rings. The van der Waals surface area contributed by atoms with Crippen LogP contribution in [-0.2, 0) is 0 Å². The molecule has 0 saturated carbocycles. The lowest BCUT2D eigenvalue weighted by molar-refractivity contribution is 1.11. The van der Waals surface area contributed by atoms with Gasteiger partial charge >= 0.3 is 0 Å². The van der Waals surface area contributed by atoms with Gasteiger partial charge in [0.15, 0.2) is 0 Å². The van der Waals surface area contributed by atoms with Crippen molar-refractivity contribution in [2.75, 3.05) is 0 Å². The average Bonchev–Trinajstić information content (AvgIpc) is 4.00.